The molecule has 1 aliphatic rings. The molecule has 1 atom stereocenters. The number of amides is 1. The van der Waals surface area contributed by atoms with E-state index in [1.54, 1.807) is 48.5 Å². The Balaban J connectivity index is 1.71. The number of nitrogens with zero attached hydrogens (tertiary/aromatic N) is 2. The predicted octanol–water partition coefficient (Wildman–Crippen LogP) is 2.88. The minimum absolute atomic E-state index is 0.0266. The highest BCUT2D eigenvalue weighted by molar-refractivity contribution is 7.92. The first kappa shape index (κ1) is 21.1. The summed E-state index contributed by atoms with van der Waals surface area (Å²) < 4.78 is 36.2. The number of esters is 1. The fourth-order valence-corrected chi connectivity index (χ4v) is 4.83. The largest absolute Gasteiger partial charge is 0.475 e. The summed E-state index contributed by atoms with van der Waals surface area (Å²) in [5.41, 5.74) is 1.08. The summed E-state index contributed by atoms with van der Waals surface area (Å²) in [5, 5.41) is 0.757. The second-order valence-electron chi connectivity index (χ2n) is 7.08. The van der Waals surface area contributed by atoms with E-state index in [4.69, 9.17) is 9.47 Å². The Morgan fingerprint density at radius 3 is 2.65 bits per heavy atom. The summed E-state index contributed by atoms with van der Waals surface area (Å²) in [6.07, 6.45) is 0.209. The summed E-state index contributed by atoms with van der Waals surface area (Å²) >= 11 is 1.30. The smallest absolute Gasteiger partial charge is 0.348 e. The van der Waals surface area contributed by atoms with Gasteiger partial charge in [-0.2, -0.15) is 0 Å². The molecule has 3 aromatic rings. The molecule has 8 nitrogen and oxygen atoms in total. The monoisotopic (exact) mass is 460 g/mol. The first-order chi connectivity index (χ1) is 14.7. The average molecular weight is 461 g/mol. The Morgan fingerprint density at radius 2 is 1.94 bits per heavy atom. The molecule has 0 fully saturated rings. The van der Waals surface area contributed by atoms with Gasteiger partial charge in [-0.1, -0.05) is 12.1 Å². The number of rotatable bonds is 4. The molecule has 0 radical (unpaired) electrons. The molecule has 1 aliphatic heterocycles. The fourth-order valence-electron chi connectivity index (χ4n) is 3.34. The molecule has 0 saturated carbocycles. The van der Waals surface area contributed by atoms with Gasteiger partial charge in [0.25, 0.3) is 5.91 Å². The van der Waals surface area contributed by atoms with Crippen molar-refractivity contribution in [2.45, 2.75) is 6.10 Å². The maximum absolute atomic E-state index is 13.4. The van der Waals surface area contributed by atoms with Crippen LogP contribution in [0.1, 0.15) is 9.67 Å². The number of thiophene rings is 1. The van der Waals surface area contributed by atoms with Gasteiger partial charge in [-0.05, 0) is 41.8 Å². The number of sulfonamides is 1. The SMILES string of the molecule is COC(=O)[C@@H]1CN(C(=O)c2cc3cc(N(C)S(C)(=O)=O)ccc3s2)c2ccccc2O1. The lowest BCUT2D eigenvalue weighted by Crippen LogP contribution is -2.47. The number of para-hydroxylation sites is 2. The number of fused-ring (bicyclic) bond motifs is 2. The molecule has 0 spiro atoms. The van der Waals surface area contributed by atoms with E-state index in [1.165, 1.54) is 34.7 Å². The van der Waals surface area contributed by atoms with Crippen LogP contribution in [0.2, 0.25) is 0 Å². The van der Waals surface area contributed by atoms with E-state index in [9.17, 15) is 18.0 Å². The zero-order chi connectivity index (χ0) is 22.3. The van der Waals surface area contributed by atoms with Crippen LogP contribution in [0.3, 0.4) is 0 Å². The maximum Gasteiger partial charge on any atom is 0.348 e. The molecule has 1 amide bonds. The summed E-state index contributed by atoms with van der Waals surface area (Å²) in [6.45, 7) is 0.0266. The summed E-state index contributed by atoms with van der Waals surface area (Å²) in [6, 6.07) is 14.0. The van der Waals surface area contributed by atoms with Crippen LogP contribution in [0.15, 0.2) is 48.5 Å². The molecule has 31 heavy (non-hydrogen) atoms. The molecule has 0 aliphatic carbocycles. The van der Waals surface area contributed by atoms with Crippen molar-refractivity contribution in [2.75, 3.05) is 36.2 Å². The van der Waals surface area contributed by atoms with Gasteiger partial charge in [0.1, 0.15) is 5.75 Å². The fraction of sp³-hybridized carbons (Fsp3) is 0.238. The first-order valence-corrected chi connectivity index (χ1v) is 12.0. The van der Waals surface area contributed by atoms with Crippen molar-refractivity contribution in [3.8, 4) is 5.75 Å². The third-order valence-electron chi connectivity index (χ3n) is 5.05. The number of benzene rings is 2. The predicted molar refractivity (Wildman–Crippen MR) is 120 cm³/mol. The molecule has 0 bridgehead atoms. The van der Waals surface area contributed by atoms with E-state index < -0.39 is 22.1 Å². The lowest BCUT2D eigenvalue weighted by molar-refractivity contribution is -0.148. The number of carbonyl (C=O) groups excluding carboxylic acids is 2. The number of hydrogen-bond acceptors (Lipinski definition) is 7. The van der Waals surface area contributed by atoms with Gasteiger partial charge in [0.15, 0.2) is 0 Å². The summed E-state index contributed by atoms with van der Waals surface area (Å²) in [7, 11) is -0.646. The molecule has 2 heterocycles. The highest BCUT2D eigenvalue weighted by Crippen LogP contribution is 2.36. The van der Waals surface area contributed by atoms with Crippen LogP contribution in [0.4, 0.5) is 11.4 Å². The minimum Gasteiger partial charge on any atom is -0.475 e. The van der Waals surface area contributed by atoms with Crippen LogP contribution >= 0.6 is 11.3 Å². The lowest BCUT2D eigenvalue weighted by Gasteiger charge is -2.33. The van der Waals surface area contributed by atoms with E-state index in [0.29, 0.717) is 22.0 Å². The second-order valence-corrected chi connectivity index (χ2v) is 10.2. The van der Waals surface area contributed by atoms with Gasteiger partial charge >= 0.3 is 5.97 Å². The van der Waals surface area contributed by atoms with Crippen LogP contribution in [-0.2, 0) is 19.6 Å². The zero-order valence-corrected chi connectivity index (χ0v) is 18.7. The zero-order valence-electron chi connectivity index (χ0n) is 17.1. The van der Waals surface area contributed by atoms with Crippen molar-refractivity contribution in [3.05, 3.63) is 53.4 Å². The summed E-state index contributed by atoms with van der Waals surface area (Å²) in [4.78, 5) is 27.4. The van der Waals surface area contributed by atoms with Gasteiger partial charge in [0.2, 0.25) is 16.1 Å². The van der Waals surface area contributed by atoms with Crippen LogP contribution in [0.25, 0.3) is 10.1 Å². The minimum atomic E-state index is -3.40. The van der Waals surface area contributed by atoms with Gasteiger partial charge in [0, 0.05) is 11.7 Å². The molecule has 162 valence electrons. The van der Waals surface area contributed by atoms with E-state index in [1.807, 2.05) is 0 Å². The van der Waals surface area contributed by atoms with E-state index in [0.717, 1.165) is 16.3 Å². The highest BCUT2D eigenvalue weighted by atomic mass is 32.2. The maximum atomic E-state index is 13.4. The topological polar surface area (TPSA) is 93.2 Å². The third kappa shape index (κ3) is 3.96. The van der Waals surface area contributed by atoms with Gasteiger partial charge in [-0.15, -0.1) is 11.3 Å². The Bertz CT molecular complexity index is 1280. The van der Waals surface area contributed by atoms with Crippen LogP contribution in [0.5, 0.6) is 5.75 Å². The van der Waals surface area contributed by atoms with Gasteiger partial charge in [-0.3, -0.25) is 14.0 Å². The quantitative estimate of drug-likeness (QED) is 0.556. The number of methoxy groups -OCH3 is 1. The number of ether oxygens (including phenoxy) is 2. The first-order valence-electron chi connectivity index (χ1n) is 9.32. The molecule has 1 aromatic heterocycles. The van der Waals surface area contributed by atoms with Crippen LogP contribution in [-0.4, -0.2) is 53.4 Å². The molecule has 2 aromatic carbocycles. The Kier molecular flexibility index (Phi) is 5.36. The van der Waals surface area contributed by atoms with Gasteiger partial charge in [-0.25, -0.2) is 13.2 Å². The van der Waals surface area contributed by atoms with Crippen molar-refractivity contribution >= 4 is 54.7 Å². The van der Waals surface area contributed by atoms with E-state index >= 15 is 0 Å². The number of carbonyl (C=O) groups is 2. The van der Waals surface area contributed by atoms with Crippen molar-refractivity contribution in [1.29, 1.82) is 0 Å². The van der Waals surface area contributed by atoms with Gasteiger partial charge in [0.05, 0.1) is 36.2 Å². The number of hydrogen-bond donors (Lipinski definition) is 0. The normalized spacial score (nSPS) is 15.8. The van der Waals surface area contributed by atoms with Crippen molar-refractivity contribution in [3.63, 3.8) is 0 Å². The van der Waals surface area contributed by atoms with Crippen LogP contribution in [0, 0.1) is 0 Å². The summed E-state index contributed by atoms with van der Waals surface area (Å²) in [5.74, 6) is -0.406. The van der Waals surface area contributed by atoms with Crippen molar-refractivity contribution < 1.29 is 27.5 Å². The van der Waals surface area contributed by atoms with E-state index in [2.05, 4.69) is 0 Å². The molecule has 0 N–H and O–H groups in total. The molecular weight excluding hydrogens is 440 g/mol. The molecule has 0 unspecified atom stereocenters. The van der Waals surface area contributed by atoms with E-state index in [-0.39, 0.29) is 12.5 Å². The Labute approximate surface area is 183 Å². The second kappa shape index (κ2) is 7.86. The Hall–Kier alpha value is -3.11. The van der Waals surface area contributed by atoms with Gasteiger partial charge < -0.3 is 9.47 Å². The lowest BCUT2D eigenvalue weighted by atomic mass is 10.1. The Morgan fingerprint density at radius 1 is 1.19 bits per heavy atom. The number of anilines is 2. The average Bonchev–Trinajstić information content (AvgIpc) is 3.19. The molecule has 10 heteroatoms. The molecule has 4 rings (SSSR count). The highest BCUT2D eigenvalue weighted by Gasteiger charge is 2.35. The molecular formula is C21H20N2O6S2. The molecule has 0 saturated heterocycles. The van der Waals surface area contributed by atoms with Crippen molar-refractivity contribution in [1.82, 2.24) is 0 Å². The standard InChI is InChI=1S/C21H20N2O6S2/c1-22(31(3,26)27)14-8-9-18-13(10-14)11-19(30-18)20(24)23-12-17(21(25)28-2)29-16-7-5-4-6-15(16)23/h4-11,17H,12H2,1-3H3/t17-/m0/s1. The van der Waals surface area contributed by atoms with Crippen LogP contribution < -0.4 is 13.9 Å². The van der Waals surface area contributed by atoms with Crippen molar-refractivity contribution in [2.24, 2.45) is 0 Å². The third-order valence-corrected chi connectivity index (χ3v) is 7.36.